The van der Waals surface area contributed by atoms with Crippen LogP contribution in [0.15, 0.2) is 23.4 Å². The number of carbonyl (C=O) groups is 2. The molecule has 0 unspecified atom stereocenters. The van der Waals surface area contributed by atoms with Crippen molar-refractivity contribution in [3.63, 3.8) is 0 Å². The van der Waals surface area contributed by atoms with Crippen LogP contribution < -0.4 is 14.8 Å². The van der Waals surface area contributed by atoms with E-state index in [1.165, 1.54) is 7.11 Å². The molecule has 1 heterocycles. The van der Waals surface area contributed by atoms with Gasteiger partial charge in [-0.15, -0.1) is 0 Å². The number of nitrogens with one attached hydrogen (secondary N) is 1. The summed E-state index contributed by atoms with van der Waals surface area (Å²) < 4.78 is 10.6. The molecule has 8 nitrogen and oxygen atoms in total. The fourth-order valence-corrected chi connectivity index (χ4v) is 3.76. The zero-order chi connectivity index (χ0) is 20.1. The van der Waals surface area contributed by atoms with Crippen molar-refractivity contribution in [1.29, 1.82) is 0 Å². The number of rotatable bonds is 7. The molecule has 1 saturated carbocycles. The van der Waals surface area contributed by atoms with Gasteiger partial charge in [-0.1, -0.05) is 24.4 Å². The molecule has 8 heteroatoms. The molecule has 2 N–H and O–H groups in total. The van der Waals surface area contributed by atoms with Gasteiger partial charge in [-0.25, -0.2) is 0 Å². The van der Waals surface area contributed by atoms with Crippen molar-refractivity contribution in [2.75, 3.05) is 14.2 Å². The summed E-state index contributed by atoms with van der Waals surface area (Å²) in [5, 5.41) is 16.4. The Labute approximate surface area is 163 Å². The highest BCUT2D eigenvalue weighted by Crippen LogP contribution is 2.35. The number of aliphatic carboxylic acids is 1. The maximum absolute atomic E-state index is 13.0. The molecule has 2 aliphatic rings. The zero-order valence-electron chi connectivity index (χ0n) is 16.2. The van der Waals surface area contributed by atoms with Gasteiger partial charge in [0.05, 0.1) is 26.4 Å². The van der Waals surface area contributed by atoms with Gasteiger partial charge in [0.25, 0.3) is 5.91 Å². The number of benzene rings is 1. The highest BCUT2D eigenvalue weighted by Gasteiger charge is 2.49. The summed E-state index contributed by atoms with van der Waals surface area (Å²) in [6.45, 7) is 0. The Morgan fingerprint density at radius 2 is 2.00 bits per heavy atom. The number of hydrogen-bond donors (Lipinski definition) is 2. The summed E-state index contributed by atoms with van der Waals surface area (Å²) in [6, 6.07) is 5.27. The summed E-state index contributed by atoms with van der Waals surface area (Å²) in [5.74, 6) is -0.405. The number of ether oxygens (including phenoxy) is 2. The minimum absolute atomic E-state index is 0.0510. The van der Waals surface area contributed by atoms with E-state index >= 15 is 0 Å². The van der Waals surface area contributed by atoms with Crippen LogP contribution in [-0.2, 0) is 14.4 Å². The number of carboxylic acids is 1. The second-order valence-electron chi connectivity index (χ2n) is 7.25. The van der Waals surface area contributed by atoms with E-state index in [0.29, 0.717) is 22.8 Å². The van der Waals surface area contributed by atoms with Crippen molar-refractivity contribution in [2.45, 2.75) is 56.6 Å². The van der Waals surface area contributed by atoms with Crippen molar-refractivity contribution < 1.29 is 29.0 Å². The van der Waals surface area contributed by atoms with Crippen LogP contribution in [0.1, 0.15) is 50.5 Å². The van der Waals surface area contributed by atoms with Crippen molar-refractivity contribution in [1.82, 2.24) is 5.32 Å². The number of amides is 1. The Morgan fingerprint density at radius 3 is 2.64 bits per heavy atom. The molecular formula is C20H26N2O6. The van der Waals surface area contributed by atoms with E-state index in [4.69, 9.17) is 14.3 Å². The predicted molar refractivity (Wildman–Crippen MR) is 102 cm³/mol. The predicted octanol–water partition coefficient (Wildman–Crippen LogP) is 2.49. The van der Waals surface area contributed by atoms with Gasteiger partial charge in [0.1, 0.15) is 11.5 Å². The van der Waals surface area contributed by atoms with Crippen LogP contribution in [0.25, 0.3) is 0 Å². The van der Waals surface area contributed by atoms with Crippen LogP contribution in [0.2, 0.25) is 0 Å². The van der Waals surface area contributed by atoms with Crippen LogP contribution in [-0.4, -0.2) is 48.6 Å². The van der Waals surface area contributed by atoms with E-state index in [-0.39, 0.29) is 12.5 Å². The lowest BCUT2D eigenvalue weighted by Gasteiger charge is -2.29. The van der Waals surface area contributed by atoms with Crippen LogP contribution in [0, 0.1) is 0 Å². The van der Waals surface area contributed by atoms with Crippen LogP contribution in [0.3, 0.4) is 0 Å². The molecule has 1 fully saturated rings. The number of carbonyl (C=O) groups excluding carboxylic acids is 1. The molecule has 1 aromatic carbocycles. The monoisotopic (exact) mass is 390 g/mol. The van der Waals surface area contributed by atoms with Gasteiger partial charge < -0.3 is 24.7 Å². The Balaban J connectivity index is 1.81. The molecule has 3 rings (SSSR count). The minimum Gasteiger partial charge on any atom is -0.497 e. The van der Waals surface area contributed by atoms with E-state index < -0.39 is 23.9 Å². The normalized spacial score (nSPS) is 22.1. The summed E-state index contributed by atoms with van der Waals surface area (Å²) in [6.07, 6.45) is 4.67. The third kappa shape index (κ3) is 4.21. The molecule has 0 spiro atoms. The molecule has 0 aromatic heterocycles. The summed E-state index contributed by atoms with van der Waals surface area (Å²) in [4.78, 5) is 29.9. The van der Waals surface area contributed by atoms with Gasteiger partial charge in [0.15, 0.2) is 0 Å². The fraction of sp³-hybridized carbons (Fsp3) is 0.550. The first-order chi connectivity index (χ1) is 13.5. The van der Waals surface area contributed by atoms with Gasteiger partial charge in [-0.05, 0) is 25.0 Å². The van der Waals surface area contributed by atoms with E-state index in [1.54, 1.807) is 25.3 Å². The molecule has 152 valence electrons. The third-order valence-electron chi connectivity index (χ3n) is 5.29. The minimum atomic E-state index is -1.55. The van der Waals surface area contributed by atoms with E-state index in [9.17, 15) is 14.7 Å². The van der Waals surface area contributed by atoms with Crippen LogP contribution in [0.5, 0.6) is 11.5 Å². The Morgan fingerprint density at radius 1 is 1.25 bits per heavy atom. The first-order valence-corrected chi connectivity index (χ1v) is 9.47. The zero-order valence-corrected chi connectivity index (χ0v) is 16.2. The molecule has 0 bridgehead atoms. The lowest BCUT2D eigenvalue weighted by molar-refractivity contribution is -0.156. The maximum atomic E-state index is 13.0. The smallest absolute Gasteiger partial charge is 0.308 e. The molecule has 0 saturated heterocycles. The number of oxime groups is 1. The molecule has 1 aromatic rings. The van der Waals surface area contributed by atoms with Crippen molar-refractivity contribution >= 4 is 17.6 Å². The largest absolute Gasteiger partial charge is 0.497 e. The van der Waals surface area contributed by atoms with Gasteiger partial charge in [-0.2, -0.15) is 0 Å². The topological polar surface area (TPSA) is 106 Å². The van der Waals surface area contributed by atoms with Crippen molar-refractivity contribution in [3.8, 4) is 11.5 Å². The maximum Gasteiger partial charge on any atom is 0.308 e. The molecule has 0 radical (unpaired) electrons. The van der Waals surface area contributed by atoms with E-state index in [1.807, 2.05) is 0 Å². The number of nitrogens with zero attached hydrogens (tertiary/aromatic N) is 1. The summed E-state index contributed by atoms with van der Waals surface area (Å²) in [7, 11) is 3.08. The standard InChI is InChI=1S/C20H26N2O6/c1-26-14-8-9-15(17(10-14)27-2)16-11-20(28-22-16,12-18(23)24)19(25)21-13-6-4-3-5-7-13/h8-10,13H,3-7,11-12H2,1-2H3,(H,21,25)(H,23,24)/t20-/m1/s1. The van der Waals surface area contributed by atoms with Crippen LogP contribution in [0.4, 0.5) is 0 Å². The fourth-order valence-electron chi connectivity index (χ4n) is 3.76. The number of carboxylic acid groups (broad SMARTS) is 1. The average molecular weight is 390 g/mol. The SMILES string of the molecule is COc1ccc(C2=NO[C@](CC(=O)O)(C(=O)NC3CCCCC3)C2)c(OC)c1. The van der Waals surface area contributed by atoms with Gasteiger partial charge in [-0.3, -0.25) is 9.59 Å². The Bertz CT molecular complexity index is 772. The molecular weight excluding hydrogens is 364 g/mol. The first kappa shape index (κ1) is 20.0. The second-order valence-corrected chi connectivity index (χ2v) is 7.25. The summed E-state index contributed by atoms with van der Waals surface area (Å²) in [5.41, 5.74) is -0.440. The van der Waals surface area contributed by atoms with Gasteiger partial charge >= 0.3 is 5.97 Å². The van der Waals surface area contributed by atoms with Crippen LogP contribution >= 0.6 is 0 Å². The average Bonchev–Trinajstić information content (AvgIpc) is 3.12. The van der Waals surface area contributed by atoms with Gasteiger partial charge in [0, 0.05) is 24.1 Å². The molecule has 28 heavy (non-hydrogen) atoms. The Hall–Kier alpha value is -2.77. The highest BCUT2D eigenvalue weighted by molar-refractivity contribution is 6.08. The summed E-state index contributed by atoms with van der Waals surface area (Å²) >= 11 is 0. The van der Waals surface area contributed by atoms with Gasteiger partial charge in [0.2, 0.25) is 5.60 Å². The highest BCUT2D eigenvalue weighted by atomic mass is 16.7. The third-order valence-corrected chi connectivity index (χ3v) is 5.29. The molecule has 1 aliphatic heterocycles. The molecule has 1 amide bonds. The van der Waals surface area contributed by atoms with E-state index in [0.717, 1.165) is 32.1 Å². The van der Waals surface area contributed by atoms with Crippen molar-refractivity contribution in [3.05, 3.63) is 23.8 Å². The Kier molecular flexibility index (Phi) is 6.06. The first-order valence-electron chi connectivity index (χ1n) is 9.47. The lowest BCUT2D eigenvalue weighted by atomic mass is 9.88. The second kappa shape index (κ2) is 8.50. The lowest BCUT2D eigenvalue weighted by Crippen LogP contribution is -2.52. The number of methoxy groups -OCH3 is 2. The van der Waals surface area contributed by atoms with Crippen molar-refractivity contribution in [2.24, 2.45) is 5.16 Å². The van der Waals surface area contributed by atoms with E-state index in [2.05, 4.69) is 10.5 Å². The molecule has 1 atom stereocenters. The quantitative estimate of drug-likeness (QED) is 0.741. The number of hydrogen-bond acceptors (Lipinski definition) is 6. The molecule has 1 aliphatic carbocycles.